The molecule has 0 radical (unpaired) electrons. The highest BCUT2D eigenvalue weighted by atomic mass is 32.2. The zero-order valence-electron chi connectivity index (χ0n) is 16.3. The van der Waals surface area contributed by atoms with Gasteiger partial charge in [-0.15, -0.1) is 0 Å². The number of hydrogen-bond donors (Lipinski definition) is 1. The highest BCUT2D eigenvalue weighted by Crippen LogP contribution is 2.27. The van der Waals surface area contributed by atoms with Crippen molar-refractivity contribution in [1.82, 2.24) is 4.31 Å². The third kappa shape index (κ3) is 4.42. The van der Waals surface area contributed by atoms with Crippen LogP contribution in [0.15, 0.2) is 47.4 Å². The van der Waals surface area contributed by atoms with Gasteiger partial charge >= 0.3 is 0 Å². The van der Waals surface area contributed by atoms with E-state index >= 15 is 0 Å². The van der Waals surface area contributed by atoms with Crippen LogP contribution in [-0.2, 0) is 10.0 Å². The summed E-state index contributed by atoms with van der Waals surface area (Å²) < 4.78 is 41.2. The van der Waals surface area contributed by atoms with Crippen LogP contribution in [0.5, 0.6) is 0 Å². The lowest BCUT2D eigenvalue weighted by atomic mass is 9.94. The van der Waals surface area contributed by atoms with Crippen molar-refractivity contribution in [1.29, 1.82) is 0 Å². The van der Waals surface area contributed by atoms with Crippen LogP contribution in [0.3, 0.4) is 0 Å². The predicted octanol–water partition coefficient (Wildman–Crippen LogP) is 4.05. The maximum Gasteiger partial charge on any atom is 0.255 e. The Morgan fingerprint density at radius 2 is 1.68 bits per heavy atom. The topological polar surface area (TPSA) is 66.5 Å². The Kier molecular flexibility index (Phi) is 5.86. The Hall–Kier alpha value is -2.25. The van der Waals surface area contributed by atoms with Gasteiger partial charge in [0.2, 0.25) is 10.0 Å². The number of aryl methyl sites for hydroxylation is 1. The minimum Gasteiger partial charge on any atom is -0.319 e. The summed E-state index contributed by atoms with van der Waals surface area (Å²) in [6, 6.07) is 10.3. The molecule has 1 heterocycles. The van der Waals surface area contributed by atoms with Crippen LogP contribution in [0.2, 0.25) is 0 Å². The molecule has 5 nitrogen and oxygen atoms in total. The van der Waals surface area contributed by atoms with E-state index in [1.54, 1.807) is 13.0 Å². The molecule has 1 aliphatic heterocycles. The van der Waals surface area contributed by atoms with Crippen LogP contribution >= 0.6 is 0 Å². The first-order valence-electron chi connectivity index (χ1n) is 9.34. The standard InChI is InChI=1S/C21H25FN2O3S/c1-14-4-9-20(19(22)11-14)23-21(25)17-5-7-18(8-6-17)28(26,27)24-12-15(2)10-16(3)13-24/h4-9,11,15-16H,10,12-13H2,1-3H3,(H,23,25). The first-order valence-corrected chi connectivity index (χ1v) is 10.8. The number of carbonyl (C=O) groups is 1. The Balaban J connectivity index is 1.76. The average molecular weight is 405 g/mol. The zero-order chi connectivity index (χ0) is 20.5. The van der Waals surface area contributed by atoms with Crippen LogP contribution < -0.4 is 5.32 Å². The first-order chi connectivity index (χ1) is 13.2. The zero-order valence-corrected chi connectivity index (χ0v) is 17.1. The van der Waals surface area contributed by atoms with Gasteiger partial charge in [-0.05, 0) is 67.1 Å². The number of amides is 1. The molecule has 2 aromatic carbocycles. The van der Waals surface area contributed by atoms with E-state index in [1.165, 1.54) is 40.7 Å². The maximum atomic E-state index is 13.9. The number of nitrogens with one attached hydrogen (secondary N) is 1. The van der Waals surface area contributed by atoms with Crippen molar-refractivity contribution in [2.24, 2.45) is 11.8 Å². The third-order valence-electron chi connectivity index (χ3n) is 4.96. The molecule has 0 bridgehead atoms. The van der Waals surface area contributed by atoms with Gasteiger partial charge in [0.05, 0.1) is 10.6 Å². The van der Waals surface area contributed by atoms with E-state index in [1.807, 2.05) is 0 Å². The van der Waals surface area contributed by atoms with E-state index in [4.69, 9.17) is 0 Å². The second-order valence-corrected chi connectivity index (χ2v) is 9.67. The van der Waals surface area contributed by atoms with Gasteiger partial charge in [-0.2, -0.15) is 4.31 Å². The summed E-state index contributed by atoms with van der Waals surface area (Å²) in [6.45, 7) is 6.87. The first kappa shape index (κ1) is 20.5. The number of sulfonamides is 1. The Morgan fingerprint density at radius 3 is 2.25 bits per heavy atom. The van der Waals surface area contributed by atoms with Gasteiger partial charge in [-0.1, -0.05) is 19.9 Å². The molecule has 2 aromatic rings. The van der Waals surface area contributed by atoms with Gasteiger partial charge in [0.25, 0.3) is 5.91 Å². The largest absolute Gasteiger partial charge is 0.319 e. The molecule has 1 N–H and O–H groups in total. The molecule has 2 atom stereocenters. The molecule has 7 heteroatoms. The fraction of sp³-hybridized carbons (Fsp3) is 0.381. The number of nitrogens with zero attached hydrogens (tertiary/aromatic N) is 1. The molecule has 2 unspecified atom stereocenters. The number of anilines is 1. The molecule has 0 aromatic heterocycles. The van der Waals surface area contributed by atoms with Gasteiger partial charge in [-0.25, -0.2) is 12.8 Å². The van der Waals surface area contributed by atoms with Gasteiger partial charge in [0.15, 0.2) is 0 Å². The molecule has 1 amide bonds. The molecule has 28 heavy (non-hydrogen) atoms. The summed E-state index contributed by atoms with van der Waals surface area (Å²) in [7, 11) is -3.60. The molecule has 1 fully saturated rings. The van der Waals surface area contributed by atoms with Crippen molar-refractivity contribution < 1.29 is 17.6 Å². The monoisotopic (exact) mass is 404 g/mol. The molecular weight excluding hydrogens is 379 g/mol. The van der Waals surface area contributed by atoms with Crippen LogP contribution in [0.1, 0.15) is 36.2 Å². The number of rotatable bonds is 4. The van der Waals surface area contributed by atoms with E-state index in [-0.39, 0.29) is 16.1 Å². The smallest absolute Gasteiger partial charge is 0.255 e. The number of piperidine rings is 1. The van der Waals surface area contributed by atoms with Crippen molar-refractivity contribution in [3.8, 4) is 0 Å². The Bertz CT molecular complexity index is 964. The predicted molar refractivity (Wildman–Crippen MR) is 107 cm³/mol. The highest BCUT2D eigenvalue weighted by molar-refractivity contribution is 7.89. The highest BCUT2D eigenvalue weighted by Gasteiger charge is 2.31. The summed E-state index contributed by atoms with van der Waals surface area (Å²) in [4.78, 5) is 12.5. The van der Waals surface area contributed by atoms with E-state index in [2.05, 4.69) is 19.2 Å². The summed E-state index contributed by atoms with van der Waals surface area (Å²) >= 11 is 0. The summed E-state index contributed by atoms with van der Waals surface area (Å²) in [5, 5.41) is 2.51. The van der Waals surface area contributed by atoms with Gasteiger partial charge < -0.3 is 5.32 Å². The molecule has 3 rings (SSSR count). The van der Waals surface area contributed by atoms with Crippen molar-refractivity contribution in [3.63, 3.8) is 0 Å². The van der Waals surface area contributed by atoms with Crippen LogP contribution in [0.25, 0.3) is 0 Å². The summed E-state index contributed by atoms with van der Waals surface area (Å²) in [5.41, 5.74) is 1.11. The van der Waals surface area contributed by atoms with Crippen molar-refractivity contribution in [2.75, 3.05) is 18.4 Å². The lowest BCUT2D eigenvalue weighted by Crippen LogP contribution is -2.42. The third-order valence-corrected chi connectivity index (χ3v) is 6.81. The second kappa shape index (κ2) is 8.01. The molecule has 0 aliphatic carbocycles. The van der Waals surface area contributed by atoms with Crippen molar-refractivity contribution in [2.45, 2.75) is 32.1 Å². The molecule has 150 valence electrons. The second-order valence-electron chi connectivity index (χ2n) is 7.73. The van der Waals surface area contributed by atoms with Gasteiger partial charge in [0, 0.05) is 18.7 Å². The Labute approximate surface area is 165 Å². The van der Waals surface area contributed by atoms with Gasteiger partial charge in [-0.3, -0.25) is 4.79 Å². The number of benzene rings is 2. The minimum absolute atomic E-state index is 0.0867. The molecule has 0 saturated carbocycles. The number of hydrogen-bond acceptors (Lipinski definition) is 3. The molecule has 0 spiro atoms. The van der Waals surface area contributed by atoms with E-state index in [0.717, 1.165) is 12.0 Å². The average Bonchev–Trinajstić information content (AvgIpc) is 2.63. The molecule has 1 saturated heterocycles. The van der Waals surface area contributed by atoms with Crippen LogP contribution in [-0.4, -0.2) is 31.7 Å². The number of carbonyl (C=O) groups excluding carboxylic acids is 1. The van der Waals surface area contributed by atoms with E-state index in [0.29, 0.717) is 24.9 Å². The molecular formula is C21H25FN2O3S. The summed E-state index contributed by atoms with van der Waals surface area (Å²) in [5.74, 6) is -0.381. The van der Waals surface area contributed by atoms with Crippen molar-refractivity contribution >= 4 is 21.6 Å². The van der Waals surface area contributed by atoms with Crippen LogP contribution in [0, 0.1) is 24.6 Å². The molecule has 1 aliphatic rings. The van der Waals surface area contributed by atoms with E-state index in [9.17, 15) is 17.6 Å². The van der Waals surface area contributed by atoms with Crippen LogP contribution in [0.4, 0.5) is 10.1 Å². The SMILES string of the molecule is Cc1ccc(NC(=O)c2ccc(S(=O)(=O)N3CC(C)CC(C)C3)cc2)c(F)c1. The van der Waals surface area contributed by atoms with E-state index < -0.39 is 21.7 Å². The quantitative estimate of drug-likeness (QED) is 0.836. The lowest BCUT2D eigenvalue weighted by molar-refractivity contribution is 0.102. The normalized spacial score (nSPS) is 20.7. The van der Waals surface area contributed by atoms with Gasteiger partial charge in [0.1, 0.15) is 5.82 Å². The summed E-state index contributed by atoms with van der Waals surface area (Å²) in [6.07, 6.45) is 1.01. The fourth-order valence-corrected chi connectivity index (χ4v) is 5.32. The Morgan fingerprint density at radius 1 is 1.07 bits per heavy atom. The maximum absolute atomic E-state index is 13.9. The minimum atomic E-state index is -3.60. The number of halogens is 1. The fourth-order valence-electron chi connectivity index (χ4n) is 3.65. The lowest BCUT2D eigenvalue weighted by Gasteiger charge is -2.34. The van der Waals surface area contributed by atoms with Crippen molar-refractivity contribution in [3.05, 3.63) is 59.4 Å².